The number of aryl methyl sites for hydroxylation is 1. The smallest absolute Gasteiger partial charge is 0.291 e. The van der Waals surface area contributed by atoms with Gasteiger partial charge in [0.05, 0.1) is 0 Å². The molecule has 2 N–H and O–H groups in total. The summed E-state index contributed by atoms with van der Waals surface area (Å²) in [6.45, 7) is 8.01. The van der Waals surface area contributed by atoms with Gasteiger partial charge in [-0.3, -0.25) is 4.79 Å². The number of aromatic nitrogens is 2. The average Bonchev–Trinajstić information content (AvgIpc) is 3.08. The molecule has 3 rings (SSSR count). The van der Waals surface area contributed by atoms with Crippen LogP contribution >= 0.6 is 0 Å². The lowest BCUT2D eigenvalue weighted by atomic mass is 9.96. The van der Waals surface area contributed by atoms with Gasteiger partial charge in [0.1, 0.15) is 5.82 Å². The van der Waals surface area contributed by atoms with E-state index in [9.17, 15) is 4.79 Å². The van der Waals surface area contributed by atoms with Gasteiger partial charge in [-0.2, -0.15) is 0 Å². The first-order valence-corrected chi connectivity index (χ1v) is 9.64. The van der Waals surface area contributed by atoms with Crippen LogP contribution in [0.25, 0.3) is 0 Å². The highest BCUT2D eigenvalue weighted by atomic mass is 16.5. The Hall–Kier alpha value is -1.73. The highest BCUT2D eigenvalue weighted by Crippen LogP contribution is 2.24. The Morgan fingerprint density at radius 3 is 2.65 bits per heavy atom. The number of amides is 1. The van der Waals surface area contributed by atoms with Crippen LogP contribution in [-0.2, 0) is 4.74 Å². The molecule has 0 aliphatic carbocycles. The molecular weight excluding hydrogens is 330 g/mol. The largest absolute Gasteiger partial charge is 0.381 e. The summed E-state index contributed by atoms with van der Waals surface area (Å²) < 4.78 is 5.40. The quantitative estimate of drug-likeness (QED) is 0.856. The van der Waals surface area contributed by atoms with Crippen LogP contribution in [0.15, 0.2) is 0 Å². The number of hydrogen-bond donors (Lipinski definition) is 1. The zero-order chi connectivity index (χ0) is 18.7. The molecule has 2 saturated heterocycles. The van der Waals surface area contributed by atoms with Gasteiger partial charge in [0.15, 0.2) is 0 Å². The molecule has 1 amide bonds. The maximum Gasteiger partial charge on any atom is 0.291 e. The van der Waals surface area contributed by atoms with Crippen LogP contribution in [0.1, 0.15) is 47.6 Å². The zero-order valence-electron chi connectivity index (χ0n) is 16.2. The fourth-order valence-electron chi connectivity index (χ4n) is 3.68. The summed E-state index contributed by atoms with van der Waals surface area (Å²) in [5.74, 6) is 1.68. The van der Waals surface area contributed by atoms with Crippen molar-refractivity contribution in [3.8, 4) is 0 Å². The van der Waals surface area contributed by atoms with Crippen molar-refractivity contribution in [3.05, 3.63) is 17.1 Å². The van der Waals surface area contributed by atoms with Crippen LogP contribution in [0.4, 0.5) is 5.82 Å². The molecule has 2 fully saturated rings. The van der Waals surface area contributed by atoms with E-state index < -0.39 is 0 Å². The van der Waals surface area contributed by atoms with E-state index in [1.807, 2.05) is 20.9 Å². The number of hydrogen-bond acceptors (Lipinski definition) is 6. The molecule has 26 heavy (non-hydrogen) atoms. The summed E-state index contributed by atoms with van der Waals surface area (Å²) in [7, 11) is 1.84. The van der Waals surface area contributed by atoms with Gasteiger partial charge in [-0.1, -0.05) is 0 Å². The molecule has 0 saturated carbocycles. The third kappa shape index (κ3) is 4.32. The topological polar surface area (TPSA) is 84.6 Å². The molecule has 2 aliphatic rings. The van der Waals surface area contributed by atoms with Crippen LogP contribution in [0, 0.1) is 19.8 Å². The van der Waals surface area contributed by atoms with E-state index in [-0.39, 0.29) is 17.8 Å². The van der Waals surface area contributed by atoms with E-state index in [1.165, 1.54) is 0 Å². The van der Waals surface area contributed by atoms with Crippen molar-refractivity contribution < 1.29 is 9.53 Å². The van der Waals surface area contributed by atoms with E-state index in [4.69, 9.17) is 10.5 Å². The Labute approximate surface area is 155 Å². The Bertz CT molecular complexity index is 645. The molecule has 7 heteroatoms. The van der Waals surface area contributed by atoms with Gasteiger partial charge >= 0.3 is 0 Å². The summed E-state index contributed by atoms with van der Waals surface area (Å²) in [6, 6.07) is 0.172. The minimum absolute atomic E-state index is 0.107. The van der Waals surface area contributed by atoms with Crippen molar-refractivity contribution in [2.75, 3.05) is 44.8 Å². The maximum absolute atomic E-state index is 12.8. The van der Waals surface area contributed by atoms with E-state index >= 15 is 0 Å². The van der Waals surface area contributed by atoms with Crippen molar-refractivity contribution >= 4 is 11.7 Å². The summed E-state index contributed by atoms with van der Waals surface area (Å²) in [5, 5.41) is 0. The highest BCUT2D eigenvalue weighted by molar-refractivity contribution is 5.90. The number of ether oxygens (including phenoxy) is 1. The molecule has 1 aromatic heterocycles. The van der Waals surface area contributed by atoms with Crippen molar-refractivity contribution in [2.45, 2.75) is 45.6 Å². The Kier molecular flexibility index (Phi) is 6.09. The Morgan fingerprint density at radius 1 is 1.27 bits per heavy atom. The standard InChI is InChI=1S/C19H31N5O2/c1-13-14(2)21-17(22-18(13)24-9-5-16(20)12-24)19(25)23(3)8-4-15-6-10-26-11-7-15/h15-16H,4-12,20H2,1-3H3/t16-/m1/s1. The minimum atomic E-state index is -0.107. The molecule has 0 bridgehead atoms. The first-order chi connectivity index (χ1) is 12.5. The monoisotopic (exact) mass is 361 g/mol. The van der Waals surface area contributed by atoms with E-state index in [2.05, 4.69) is 14.9 Å². The zero-order valence-corrected chi connectivity index (χ0v) is 16.2. The van der Waals surface area contributed by atoms with Gasteiger partial charge < -0.3 is 20.3 Å². The fourth-order valence-corrected chi connectivity index (χ4v) is 3.68. The second kappa shape index (κ2) is 8.31. The molecule has 0 spiro atoms. The first-order valence-electron chi connectivity index (χ1n) is 9.64. The number of anilines is 1. The number of carbonyl (C=O) groups excluding carboxylic acids is 1. The third-order valence-electron chi connectivity index (χ3n) is 5.64. The van der Waals surface area contributed by atoms with Crippen molar-refractivity contribution in [1.82, 2.24) is 14.9 Å². The summed E-state index contributed by atoms with van der Waals surface area (Å²) in [5.41, 5.74) is 7.92. The maximum atomic E-state index is 12.8. The molecule has 1 atom stereocenters. The molecule has 0 unspecified atom stereocenters. The third-order valence-corrected chi connectivity index (χ3v) is 5.64. The average molecular weight is 361 g/mol. The highest BCUT2D eigenvalue weighted by Gasteiger charge is 2.25. The summed E-state index contributed by atoms with van der Waals surface area (Å²) in [6.07, 6.45) is 4.13. The molecule has 1 aromatic rings. The molecule has 144 valence electrons. The van der Waals surface area contributed by atoms with E-state index in [1.54, 1.807) is 4.90 Å². The number of carbonyl (C=O) groups is 1. The van der Waals surface area contributed by atoms with Crippen molar-refractivity contribution in [3.63, 3.8) is 0 Å². The molecule has 0 aromatic carbocycles. The van der Waals surface area contributed by atoms with Crippen LogP contribution in [0.5, 0.6) is 0 Å². The van der Waals surface area contributed by atoms with Gasteiger partial charge in [0.2, 0.25) is 5.82 Å². The number of nitrogens with zero attached hydrogens (tertiary/aromatic N) is 4. The Morgan fingerprint density at radius 2 is 2.00 bits per heavy atom. The van der Waals surface area contributed by atoms with Crippen LogP contribution in [0.2, 0.25) is 0 Å². The number of nitrogens with two attached hydrogens (primary N) is 1. The lowest BCUT2D eigenvalue weighted by molar-refractivity contribution is 0.0581. The minimum Gasteiger partial charge on any atom is -0.381 e. The van der Waals surface area contributed by atoms with Crippen LogP contribution < -0.4 is 10.6 Å². The SMILES string of the molecule is Cc1nc(C(=O)N(C)CCC2CCOCC2)nc(N2CC[C@@H](N)C2)c1C. The van der Waals surface area contributed by atoms with Gasteiger partial charge in [0, 0.05) is 57.2 Å². The lowest BCUT2D eigenvalue weighted by Crippen LogP contribution is -2.33. The molecule has 3 heterocycles. The normalized spacial score (nSPS) is 21.2. The fraction of sp³-hybridized carbons (Fsp3) is 0.737. The van der Waals surface area contributed by atoms with Crippen LogP contribution in [0.3, 0.4) is 0 Å². The summed E-state index contributed by atoms with van der Waals surface area (Å²) >= 11 is 0. The molecular formula is C19H31N5O2. The Balaban J connectivity index is 1.68. The molecule has 2 aliphatic heterocycles. The molecule has 0 radical (unpaired) electrons. The van der Waals surface area contributed by atoms with Gasteiger partial charge in [-0.15, -0.1) is 0 Å². The van der Waals surface area contributed by atoms with Crippen molar-refractivity contribution in [2.24, 2.45) is 11.7 Å². The predicted molar refractivity (Wildman–Crippen MR) is 101 cm³/mol. The van der Waals surface area contributed by atoms with E-state index in [0.29, 0.717) is 5.92 Å². The van der Waals surface area contributed by atoms with Gasteiger partial charge in [-0.25, -0.2) is 9.97 Å². The van der Waals surface area contributed by atoms with Crippen molar-refractivity contribution in [1.29, 1.82) is 0 Å². The second-order valence-electron chi connectivity index (χ2n) is 7.65. The summed E-state index contributed by atoms with van der Waals surface area (Å²) in [4.78, 5) is 25.8. The molecule has 7 nitrogen and oxygen atoms in total. The van der Waals surface area contributed by atoms with Gasteiger partial charge in [-0.05, 0) is 45.4 Å². The number of rotatable bonds is 5. The predicted octanol–water partition coefficient (Wildman–Crippen LogP) is 1.52. The lowest BCUT2D eigenvalue weighted by Gasteiger charge is -2.25. The van der Waals surface area contributed by atoms with Crippen LogP contribution in [-0.4, -0.2) is 66.7 Å². The first kappa shape index (κ1) is 19.0. The van der Waals surface area contributed by atoms with E-state index in [0.717, 1.165) is 75.6 Å². The second-order valence-corrected chi connectivity index (χ2v) is 7.65. The van der Waals surface area contributed by atoms with Gasteiger partial charge in [0.25, 0.3) is 5.91 Å².